The maximum atomic E-state index is 12.9. The van der Waals surface area contributed by atoms with Crippen molar-refractivity contribution in [2.75, 3.05) is 0 Å². The van der Waals surface area contributed by atoms with Crippen molar-refractivity contribution in [3.63, 3.8) is 0 Å². The average molecular weight is 377 g/mol. The third kappa shape index (κ3) is 4.89. The molecule has 0 radical (unpaired) electrons. The SMILES string of the molecule is CCC(C)(C)c1ccc(S(=O)(=O)c2ccc(SC(C)(C)C)cc2)cc1. The molecule has 2 aromatic rings. The van der Waals surface area contributed by atoms with E-state index < -0.39 is 9.84 Å². The topological polar surface area (TPSA) is 34.1 Å². The Balaban J connectivity index is 2.29. The molecule has 136 valence electrons. The van der Waals surface area contributed by atoms with Gasteiger partial charge in [-0.05, 0) is 53.8 Å². The lowest BCUT2D eigenvalue weighted by molar-refractivity contribution is 0.506. The predicted octanol–water partition coefficient (Wildman–Crippen LogP) is 6.10. The van der Waals surface area contributed by atoms with Gasteiger partial charge in [0.05, 0.1) is 9.79 Å². The minimum atomic E-state index is -3.48. The highest BCUT2D eigenvalue weighted by Gasteiger charge is 2.21. The van der Waals surface area contributed by atoms with Crippen LogP contribution in [0.2, 0.25) is 0 Å². The molecule has 4 heteroatoms. The van der Waals surface area contributed by atoms with Crippen molar-refractivity contribution in [2.24, 2.45) is 0 Å². The van der Waals surface area contributed by atoms with Crippen molar-refractivity contribution in [3.05, 3.63) is 54.1 Å². The van der Waals surface area contributed by atoms with Gasteiger partial charge in [0.2, 0.25) is 9.84 Å². The van der Waals surface area contributed by atoms with E-state index in [2.05, 4.69) is 41.5 Å². The number of hydrogen-bond donors (Lipinski definition) is 0. The molecule has 0 aliphatic carbocycles. The molecule has 0 spiro atoms. The van der Waals surface area contributed by atoms with Crippen LogP contribution in [-0.4, -0.2) is 13.2 Å². The Morgan fingerprint density at radius 2 is 1.24 bits per heavy atom. The van der Waals surface area contributed by atoms with Gasteiger partial charge >= 0.3 is 0 Å². The molecule has 0 saturated heterocycles. The molecule has 0 aliphatic heterocycles. The van der Waals surface area contributed by atoms with Gasteiger partial charge in [-0.1, -0.05) is 53.7 Å². The summed E-state index contributed by atoms with van der Waals surface area (Å²) < 4.78 is 25.8. The van der Waals surface area contributed by atoms with Crippen LogP contribution in [-0.2, 0) is 15.3 Å². The molecular weight excluding hydrogens is 348 g/mol. The molecule has 0 heterocycles. The fourth-order valence-corrected chi connectivity index (χ4v) is 4.71. The summed E-state index contributed by atoms with van der Waals surface area (Å²) in [5.74, 6) is 0. The Kier molecular flexibility index (Phi) is 5.75. The molecular formula is C21H28O2S2. The van der Waals surface area contributed by atoms with Gasteiger partial charge in [0.15, 0.2) is 0 Å². The van der Waals surface area contributed by atoms with Crippen LogP contribution in [0.3, 0.4) is 0 Å². The highest BCUT2D eigenvalue weighted by atomic mass is 32.2. The Labute approximate surface area is 157 Å². The third-order valence-corrected chi connectivity index (χ3v) is 7.29. The molecule has 0 amide bonds. The van der Waals surface area contributed by atoms with Gasteiger partial charge in [-0.3, -0.25) is 0 Å². The predicted molar refractivity (Wildman–Crippen MR) is 107 cm³/mol. The maximum Gasteiger partial charge on any atom is 0.206 e. The van der Waals surface area contributed by atoms with Gasteiger partial charge < -0.3 is 0 Å². The highest BCUT2D eigenvalue weighted by Crippen LogP contribution is 2.33. The van der Waals surface area contributed by atoms with Gasteiger partial charge in [-0.15, -0.1) is 11.8 Å². The van der Waals surface area contributed by atoms with E-state index in [1.165, 1.54) is 0 Å². The van der Waals surface area contributed by atoms with E-state index in [0.717, 1.165) is 16.9 Å². The first-order valence-corrected chi connectivity index (χ1v) is 10.9. The van der Waals surface area contributed by atoms with E-state index in [0.29, 0.717) is 9.79 Å². The van der Waals surface area contributed by atoms with E-state index in [4.69, 9.17) is 0 Å². The zero-order chi connectivity index (χ0) is 18.9. The van der Waals surface area contributed by atoms with Gasteiger partial charge in [0, 0.05) is 9.64 Å². The molecule has 0 atom stereocenters. The van der Waals surface area contributed by atoms with Gasteiger partial charge in [0.1, 0.15) is 0 Å². The Bertz CT molecular complexity index is 810. The maximum absolute atomic E-state index is 12.9. The Morgan fingerprint density at radius 1 is 0.800 bits per heavy atom. The third-order valence-electron chi connectivity index (χ3n) is 4.39. The molecule has 0 saturated carbocycles. The summed E-state index contributed by atoms with van der Waals surface area (Å²) in [6, 6.07) is 14.5. The lowest BCUT2D eigenvalue weighted by Gasteiger charge is -2.23. The molecule has 0 aliphatic rings. The van der Waals surface area contributed by atoms with Crippen LogP contribution >= 0.6 is 11.8 Å². The first kappa shape index (κ1) is 20.1. The van der Waals surface area contributed by atoms with Crippen LogP contribution < -0.4 is 0 Å². The minimum absolute atomic E-state index is 0.0497. The second kappa shape index (κ2) is 7.16. The molecule has 0 unspecified atom stereocenters. The normalized spacial score (nSPS) is 13.0. The molecule has 2 aromatic carbocycles. The fourth-order valence-electron chi connectivity index (χ4n) is 2.47. The minimum Gasteiger partial charge on any atom is -0.219 e. The summed E-state index contributed by atoms with van der Waals surface area (Å²) in [5.41, 5.74) is 1.21. The number of thioether (sulfide) groups is 1. The van der Waals surface area contributed by atoms with Gasteiger partial charge in [0.25, 0.3) is 0 Å². The van der Waals surface area contributed by atoms with Crippen LogP contribution in [0.25, 0.3) is 0 Å². The smallest absolute Gasteiger partial charge is 0.206 e. The van der Waals surface area contributed by atoms with Crippen molar-refractivity contribution in [3.8, 4) is 0 Å². The Hall–Kier alpha value is -1.26. The number of sulfone groups is 1. The van der Waals surface area contributed by atoms with Crippen molar-refractivity contribution in [2.45, 2.75) is 72.8 Å². The summed E-state index contributed by atoms with van der Waals surface area (Å²) >= 11 is 1.73. The van der Waals surface area contributed by atoms with Gasteiger partial charge in [-0.25, -0.2) is 8.42 Å². The summed E-state index contributed by atoms with van der Waals surface area (Å²) in [4.78, 5) is 1.76. The average Bonchev–Trinajstić information content (AvgIpc) is 2.54. The zero-order valence-electron chi connectivity index (χ0n) is 16.0. The van der Waals surface area contributed by atoms with E-state index in [-0.39, 0.29) is 10.2 Å². The van der Waals surface area contributed by atoms with E-state index in [1.807, 2.05) is 24.3 Å². The van der Waals surface area contributed by atoms with Crippen LogP contribution in [0.4, 0.5) is 0 Å². The number of hydrogen-bond acceptors (Lipinski definition) is 3. The molecule has 0 aromatic heterocycles. The highest BCUT2D eigenvalue weighted by molar-refractivity contribution is 8.00. The summed E-state index contributed by atoms with van der Waals surface area (Å²) in [6.45, 7) is 12.9. The van der Waals surface area contributed by atoms with E-state index in [1.54, 1.807) is 36.0 Å². The van der Waals surface area contributed by atoms with Crippen LogP contribution in [0.15, 0.2) is 63.2 Å². The van der Waals surface area contributed by atoms with Crippen molar-refractivity contribution in [1.82, 2.24) is 0 Å². The lowest BCUT2D eigenvalue weighted by atomic mass is 9.82. The first-order chi connectivity index (χ1) is 11.5. The van der Waals surface area contributed by atoms with Gasteiger partial charge in [-0.2, -0.15) is 0 Å². The van der Waals surface area contributed by atoms with Crippen LogP contribution in [0.1, 0.15) is 53.5 Å². The molecule has 0 N–H and O–H groups in total. The zero-order valence-corrected chi connectivity index (χ0v) is 17.6. The molecule has 25 heavy (non-hydrogen) atoms. The second-order valence-electron chi connectivity index (χ2n) is 7.95. The Morgan fingerprint density at radius 3 is 1.64 bits per heavy atom. The van der Waals surface area contributed by atoms with Crippen LogP contribution in [0.5, 0.6) is 0 Å². The second-order valence-corrected chi connectivity index (χ2v) is 11.8. The summed E-state index contributed by atoms with van der Waals surface area (Å²) in [5, 5.41) is 0. The lowest BCUT2D eigenvalue weighted by Crippen LogP contribution is -2.15. The summed E-state index contributed by atoms with van der Waals surface area (Å²) in [7, 11) is -3.48. The molecule has 2 nitrogen and oxygen atoms in total. The fraction of sp³-hybridized carbons (Fsp3) is 0.429. The van der Waals surface area contributed by atoms with E-state index in [9.17, 15) is 8.42 Å². The first-order valence-electron chi connectivity index (χ1n) is 8.60. The van der Waals surface area contributed by atoms with Crippen molar-refractivity contribution in [1.29, 1.82) is 0 Å². The molecule has 2 rings (SSSR count). The molecule has 0 bridgehead atoms. The van der Waals surface area contributed by atoms with E-state index >= 15 is 0 Å². The summed E-state index contributed by atoms with van der Waals surface area (Å²) in [6.07, 6.45) is 1.01. The monoisotopic (exact) mass is 376 g/mol. The largest absolute Gasteiger partial charge is 0.219 e. The molecule has 0 fully saturated rings. The quantitative estimate of drug-likeness (QED) is 0.591. The van der Waals surface area contributed by atoms with Crippen molar-refractivity contribution < 1.29 is 8.42 Å². The van der Waals surface area contributed by atoms with Crippen molar-refractivity contribution >= 4 is 21.6 Å². The number of benzene rings is 2. The standard InChI is InChI=1S/C21H28O2S2/c1-7-21(5,6)16-8-12-18(13-9-16)25(22,23)19-14-10-17(11-15-19)24-20(2,3)4/h8-15H,7H2,1-6H3. The number of rotatable bonds is 5. The van der Waals surface area contributed by atoms with Crippen LogP contribution in [0, 0.1) is 0 Å².